The second kappa shape index (κ2) is 8.19. The topological polar surface area (TPSA) is 65.0 Å². The molecule has 7 heteroatoms. The van der Waals surface area contributed by atoms with Crippen LogP contribution < -0.4 is 5.32 Å². The minimum Gasteiger partial charge on any atom is -0.355 e. The molecule has 0 radical (unpaired) electrons. The number of aliphatic imine (C=N–C) groups is 1. The van der Waals surface area contributed by atoms with Gasteiger partial charge in [-0.25, -0.2) is 8.42 Å². The Balaban J connectivity index is 1.58. The minimum absolute atomic E-state index is 0.185. The lowest BCUT2D eigenvalue weighted by Gasteiger charge is -2.39. The summed E-state index contributed by atoms with van der Waals surface area (Å²) in [6.07, 6.45) is 2.39. The zero-order valence-electron chi connectivity index (χ0n) is 16.7. The first kappa shape index (κ1) is 20.1. The normalized spacial score (nSPS) is 25.5. The number of benzene rings is 1. The second-order valence-electron chi connectivity index (χ2n) is 8.18. The van der Waals surface area contributed by atoms with Gasteiger partial charge in [0.05, 0.1) is 10.5 Å². The van der Waals surface area contributed by atoms with E-state index in [1.165, 1.54) is 18.4 Å². The summed E-state index contributed by atoms with van der Waals surface area (Å²) in [7, 11) is -1.27. The monoisotopic (exact) mass is 392 g/mol. The van der Waals surface area contributed by atoms with Gasteiger partial charge < -0.3 is 10.2 Å². The highest BCUT2D eigenvalue weighted by molar-refractivity contribution is 7.92. The maximum atomic E-state index is 12.2. The van der Waals surface area contributed by atoms with Crippen LogP contribution in [0.4, 0.5) is 0 Å². The summed E-state index contributed by atoms with van der Waals surface area (Å²) in [6.45, 7) is 7.52. The van der Waals surface area contributed by atoms with E-state index in [0.29, 0.717) is 19.1 Å². The predicted molar refractivity (Wildman–Crippen MR) is 111 cm³/mol. The lowest BCUT2D eigenvalue weighted by Crippen LogP contribution is -2.58. The van der Waals surface area contributed by atoms with Gasteiger partial charge in [0, 0.05) is 39.3 Å². The molecule has 150 valence electrons. The van der Waals surface area contributed by atoms with Gasteiger partial charge in [0.2, 0.25) is 0 Å². The van der Waals surface area contributed by atoms with Crippen molar-refractivity contribution in [2.45, 2.75) is 44.0 Å². The van der Waals surface area contributed by atoms with Crippen molar-refractivity contribution >= 4 is 15.8 Å². The number of likely N-dealkylation sites (tertiary alicyclic amines) is 1. The minimum atomic E-state index is -3.04. The fraction of sp³-hybridized carbons (Fsp3) is 0.650. The molecular weight excluding hydrogens is 360 g/mol. The van der Waals surface area contributed by atoms with Gasteiger partial charge in [-0.1, -0.05) is 30.3 Å². The van der Waals surface area contributed by atoms with E-state index in [0.717, 1.165) is 25.6 Å². The second-order valence-corrected chi connectivity index (χ2v) is 10.9. The van der Waals surface area contributed by atoms with Crippen molar-refractivity contribution in [2.75, 3.05) is 39.0 Å². The van der Waals surface area contributed by atoms with Crippen molar-refractivity contribution in [2.24, 2.45) is 4.99 Å². The van der Waals surface area contributed by atoms with Crippen LogP contribution >= 0.6 is 0 Å². The molecule has 2 aliphatic heterocycles. The van der Waals surface area contributed by atoms with Crippen LogP contribution in [0.3, 0.4) is 0 Å². The number of hydrogen-bond acceptors (Lipinski definition) is 4. The maximum Gasteiger partial charge on any atom is 0.193 e. The Hall–Kier alpha value is -1.60. The third-order valence-electron chi connectivity index (χ3n) is 5.78. The molecule has 3 rings (SSSR count). The van der Waals surface area contributed by atoms with E-state index >= 15 is 0 Å². The number of nitrogens with zero attached hydrogens (tertiary/aromatic N) is 3. The van der Waals surface area contributed by atoms with Gasteiger partial charge in [0.1, 0.15) is 0 Å². The third kappa shape index (κ3) is 4.63. The van der Waals surface area contributed by atoms with E-state index in [9.17, 15) is 8.42 Å². The Morgan fingerprint density at radius 2 is 2.00 bits per heavy atom. The number of rotatable bonds is 4. The Kier molecular flexibility index (Phi) is 6.11. The first-order valence-corrected chi connectivity index (χ1v) is 11.4. The standard InChI is InChI=1S/C20H32N4O2S/c1-20(2)16-24(12-13-27(20,25)26)19(21-3)22-14-18-10-7-11-23(18)15-17-8-5-4-6-9-17/h4-6,8-9,18H,7,10-16H2,1-3H3,(H,21,22). The SMILES string of the molecule is CN=C(NCC1CCCN1Cc1ccccc1)N1CCS(=O)(=O)C(C)(C)C1. The molecule has 1 aromatic rings. The van der Waals surface area contributed by atoms with Gasteiger partial charge in [-0.05, 0) is 38.8 Å². The molecule has 0 bridgehead atoms. The van der Waals surface area contributed by atoms with Gasteiger partial charge in [0.25, 0.3) is 0 Å². The highest BCUT2D eigenvalue weighted by Crippen LogP contribution is 2.24. The first-order chi connectivity index (χ1) is 12.8. The van der Waals surface area contributed by atoms with Crippen molar-refractivity contribution < 1.29 is 8.42 Å². The van der Waals surface area contributed by atoms with E-state index in [1.54, 1.807) is 20.9 Å². The van der Waals surface area contributed by atoms with Crippen LogP contribution in [-0.4, -0.2) is 73.9 Å². The van der Waals surface area contributed by atoms with Crippen LogP contribution in [0.2, 0.25) is 0 Å². The van der Waals surface area contributed by atoms with Crippen LogP contribution in [0, 0.1) is 0 Å². The van der Waals surface area contributed by atoms with E-state index in [2.05, 4.69) is 50.4 Å². The smallest absolute Gasteiger partial charge is 0.193 e. The summed E-state index contributed by atoms with van der Waals surface area (Å²) in [5, 5.41) is 3.50. The van der Waals surface area contributed by atoms with Crippen molar-refractivity contribution in [1.82, 2.24) is 15.1 Å². The highest BCUT2D eigenvalue weighted by atomic mass is 32.2. The summed E-state index contributed by atoms with van der Waals surface area (Å²) in [4.78, 5) is 9.02. The fourth-order valence-electron chi connectivity index (χ4n) is 4.02. The van der Waals surface area contributed by atoms with Crippen LogP contribution in [0.5, 0.6) is 0 Å². The number of hydrogen-bond donors (Lipinski definition) is 1. The average molecular weight is 393 g/mol. The molecule has 2 saturated heterocycles. The molecule has 0 aromatic heterocycles. The largest absolute Gasteiger partial charge is 0.355 e. The summed E-state index contributed by atoms with van der Waals surface area (Å²) >= 11 is 0. The Morgan fingerprint density at radius 3 is 2.67 bits per heavy atom. The zero-order chi connectivity index (χ0) is 19.5. The van der Waals surface area contributed by atoms with Gasteiger partial charge in [-0.3, -0.25) is 9.89 Å². The summed E-state index contributed by atoms with van der Waals surface area (Å²) < 4.78 is 23.8. The van der Waals surface area contributed by atoms with Gasteiger partial charge in [-0.15, -0.1) is 0 Å². The Morgan fingerprint density at radius 1 is 1.26 bits per heavy atom. The summed E-state index contributed by atoms with van der Waals surface area (Å²) in [6, 6.07) is 11.1. The molecular formula is C20H32N4O2S. The van der Waals surface area contributed by atoms with Crippen LogP contribution in [0.25, 0.3) is 0 Å². The fourth-order valence-corrected chi connectivity index (χ4v) is 5.38. The van der Waals surface area contributed by atoms with Gasteiger partial charge in [0.15, 0.2) is 15.8 Å². The quantitative estimate of drug-likeness (QED) is 0.625. The van der Waals surface area contributed by atoms with E-state index in [-0.39, 0.29) is 5.75 Å². The predicted octanol–water partition coefficient (Wildman–Crippen LogP) is 1.74. The van der Waals surface area contributed by atoms with E-state index < -0.39 is 14.6 Å². The lowest BCUT2D eigenvalue weighted by molar-refractivity contribution is 0.242. The average Bonchev–Trinajstić information content (AvgIpc) is 3.06. The molecule has 0 spiro atoms. The number of guanidine groups is 1. The number of nitrogens with one attached hydrogen (secondary N) is 1. The molecule has 1 aromatic carbocycles. The van der Waals surface area contributed by atoms with Crippen molar-refractivity contribution in [3.63, 3.8) is 0 Å². The summed E-state index contributed by atoms with van der Waals surface area (Å²) in [5.41, 5.74) is 1.34. The molecule has 0 amide bonds. The maximum absolute atomic E-state index is 12.2. The van der Waals surface area contributed by atoms with Crippen LogP contribution in [0.15, 0.2) is 35.3 Å². The number of sulfone groups is 1. The third-order valence-corrected chi connectivity index (χ3v) is 8.31. The molecule has 1 N–H and O–H groups in total. The van der Waals surface area contributed by atoms with Crippen molar-refractivity contribution in [3.05, 3.63) is 35.9 Å². The van der Waals surface area contributed by atoms with Crippen LogP contribution in [0.1, 0.15) is 32.3 Å². The van der Waals surface area contributed by atoms with Crippen molar-refractivity contribution in [1.29, 1.82) is 0 Å². The molecule has 0 aliphatic carbocycles. The zero-order valence-corrected chi connectivity index (χ0v) is 17.5. The summed E-state index contributed by atoms with van der Waals surface area (Å²) in [5.74, 6) is 0.995. The van der Waals surface area contributed by atoms with E-state index in [4.69, 9.17) is 0 Å². The Bertz CT molecular complexity index is 761. The molecule has 1 unspecified atom stereocenters. The highest BCUT2D eigenvalue weighted by Gasteiger charge is 2.41. The lowest BCUT2D eigenvalue weighted by atomic mass is 10.1. The molecule has 0 saturated carbocycles. The molecule has 2 fully saturated rings. The molecule has 2 heterocycles. The van der Waals surface area contributed by atoms with Gasteiger partial charge >= 0.3 is 0 Å². The molecule has 1 atom stereocenters. The molecule has 27 heavy (non-hydrogen) atoms. The van der Waals surface area contributed by atoms with Crippen LogP contribution in [-0.2, 0) is 16.4 Å². The van der Waals surface area contributed by atoms with Crippen molar-refractivity contribution in [3.8, 4) is 0 Å². The molecule has 2 aliphatic rings. The Labute approximate surface area is 163 Å². The van der Waals surface area contributed by atoms with E-state index in [1.807, 2.05) is 0 Å². The first-order valence-electron chi connectivity index (χ1n) is 9.78. The van der Waals surface area contributed by atoms with Gasteiger partial charge in [-0.2, -0.15) is 0 Å². The molecule has 6 nitrogen and oxygen atoms in total.